The van der Waals surface area contributed by atoms with Crippen LogP contribution in [0.15, 0.2) is 18.2 Å². The maximum atomic E-state index is 6.17. The van der Waals surface area contributed by atoms with Crippen molar-refractivity contribution >= 4 is 0 Å². The van der Waals surface area contributed by atoms with E-state index in [2.05, 4.69) is 11.4 Å². The number of nitrogens with one attached hydrogen (secondary N) is 1. The summed E-state index contributed by atoms with van der Waals surface area (Å²) >= 11 is 0. The Morgan fingerprint density at radius 2 is 2.11 bits per heavy atom. The number of benzene rings is 1. The lowest BCUT2D eigenvalue weighted by atomic mass is 10.1. The molecule has 1 aromatic rings. The number of hydrogen-bond acceptors (Lipinski definition) is 4. The molecule has 1 aliphatic rings. The molecule has 1 saturated heterocycles. The summed E-state index contributed by atoms with van der Waals surface area (Å²) in [5, 5.41) is 3.17. The smallest absolute Gasteiger partial charge is 0.164 e. The van der Waals surface area contributed by atoms with Gasteiger partial charge in [0, 0.05) is 12.8 Å². The molecule has 19 heavy (non-hydrogen) atoms. The molecule has 1 aromatic carbocycles. The second kappa shape index (κ2) is 7.36. The molecule has 1 heterocycles. The summed E-state index contributed by atoms with van der Waals surface area (Å²) in [6, 6.07) is 6.08. The van der Waals surface area contributed by atoms with Crippen LogP contribution < -0.4 is 14.8 Å². The number of methoxy groups -OCH3 is 1. The summed E-state index contributed by atoms with van der Waals surface area (Å²) in [7, 11) is 3.65. The Morgan fingerprint density at radius 3 is 2.79 bits per heavy atom. The number of likely N-dealkylation sites (N-methyl/N-ethyl adjacent to an activating group) is 1. The van der Waals surface area contributed by atoms with E-state index in [1.54, 1.807) is 7.11 Å². The summed E-state index contributed by atoms with van der Waals surface area (Å²) in [5.74, 6) is 1.72. The van der Waals surface area contributed by atoms with Gasteiger partial charge in [-0.3, -0.25) is 0 Å². The van der Waals surface area contributed by atoms with E-state index < -0.39 is 0 Å². The van der Waals surface area contributed by atoms with Crippen molar-refractivity contribution in [3.8, 4) is 11.5 Å². The van der Waals surface area contributed by atoms with Crippen LogP contribution in [0, 0.1) is 0 Å². The molecular formula is C15H23NO3. The summed E-state index contributed by atoms with van der Waals surface area (Å²) in [6.45, 7) is 2.49. The van der Waals surface area contributed by atoms with E-state index >= 15 is 0 Å². The highest BCUT2D eigenvalue weighted by molar-refractivity contribution is 5.47. The van der Waals surface area contributed by atoms with E-state index in [1.165, 1.54) is 5.56 Å². The number of ether oxygens (including phenoxy) is 3. The van der Waals surface area contributed by atoms with Crippen molar-refractivity contribution in [3.05, 3.63) is 23.8 Å². The van der Waals surface area contributed by atoms with Gasteiger partial charge in [-0.1, -0.05) is 12.1 Å². The van der Waals surface area contributed by atoms with Gasteiger partial charge in [0.2, 0.25) is 0 Å². The van der Waals surface area contributed by atoms with Crippen molar-refractivity contribution < 1.29 is 14.2 Å². The van der Waals surface area contributed by atoms with Crippen molar-refractivity contribution in [1.82, 2.24) is 5.32 Å². The number of para-hydroxylation sites is 1. The Kier molecular flexibility index (Phi) is 5.48. The largest absolute Gasteiger partial charge is 0.493 e. The summed E-state index contributed by atoms with van der Waals surface area (Å²) in [6.07, 6.45) is 3.07. The van der Waals surface area contributed by atoms with Gasteiger partial charge in [0.15, 0.2) is 11.5 Å². The minimum atomic E-state index is 0.235. The zero-order valence-corrected chi connectivity index (χ0v) is 11.8. The highest BCUT2D eigenvalue weighted by Gasteiger charge is 2.19. The molecule has 1 fully saturated rings. The molecule has 4 heteroatoms. The average molecular weight is 265 g/mol. The number of rotatable bonds is 6. The molecule has 1 aliphatic heterocycles. The lowest BCUT2D eigenvalue weighted by molar-refractivity contribution is 0.0241. The van der Waals surface area contributed by atoms with Crippen LogP contribution in [0.3, 0.4) is 0 Å². The normalized spacial score (nSPS) is 16.3. The van der Waals surface area contributed by atoms with Crippen molar-refractivity contribution in [2.45, 2.75) is 25.4 Å². The van der Waals surface area contributed by atoms with E-state index in [4.69, 9.17) is 14.2 Å². The Morgan fingerprint density at radius 1 is 1.32 bits per heavy atom. The van der Waals surface area contributed by atoms with E-state index in [-0.39, 0.29) is 6.10 Å². The third-order valence-corrected chi connectivity index (χ3v) is 3.38. The fourth-order valence-electron chi connectivity index (χ4n) is 2.27. The predicted octanol–water partition coefficient (Wildman–Crippen LogP) is 2.01. The molecule has 0 atom stereocenters. The first-order valence-electron chi connectivity index (χ1n) is 6.90. The fraction of sp³-hybridized carbons (Fsp3) is 0.600. The second-order valence-corrected chi connectivity index (χ2v) is 4.73. The Balaban J connectivity index is 2.14. The molecule has 0 aliphatic carbocycles. The second-order valence-electron chi connectivity index (χ2n) is 4.73. The number of hydrogen-bond donors (Lipinski definition) is 1. The molecule has 0 spiro atoms. The van der Waals surface area contributed by atoms with Crippen molar-refractivity contribution in [2.75, 3.05) is 33.9 Å². The molecule has 4 nitrogen and oxygen atoms in total. The molecule has 0 aromatic heterocycles. The van der Waals surface area contributed by atoms with Gasteiger partial charge in [-0.25, -0.2) is 0 Å². The first-order valence-corrected chi connectivity index (χ1v) is 6.90. The first kappa shape index (κ1) is 14.2. The molecule has 0 bridgehead atoms. The summed E-state index contributed by atoms with van der Waals surface area (Å²) in [4.78, 5) is 0. The van der Waals surface area contributed by atoms with Crippen LogP contribution in [0.2, 0.25) is 0 Å². The van der Waals surface area contributed by atoms with Gasteiger partial charge < -0.3 is 19.5 Å². The van der Waals surface area contributed by atoms with Gasteiger partial charge in [0.25, 0.3) is 0 Å². The minimum Gasteiger partial charge on any atom is -0.493 e. The maximum absolute atomic E-state index is 6.17. The van der Waals surface area contributed by atoms with Crippen LogP contribution in [-0.4, -0.2) is 40.0 Å². The van der Waals surface area contributed by atoms with Crippen molar-refractivity contribution in [1.29, 1.82) is 0 Å². The Hall–Kier alpha value is -1.26. The van der Waals surface area contributed by atoms with Gasteiger partial charge in [-0.15, -0.1) is 0 Å². The van der Waals surface area contributed by atoms with Gasteiger partial charge in [-0.05, 0) is 31.6 Å². The lowest BCUT2D eigenvalue weighted by Gasteiger charge is -2.25. The quantitative estimate of drug-likeness (QED) is 0.854. The molecule has 2 rings (SSSR count). The molecule has 0 saturated carbocycles. The highest BCUT2D eigenvalue weighted by atomic mass is 16.5. The summed E-state index contributed by atoms with van der Waals surface area (Å²) < 4.78 is 17.0. The third-order valence-electron chi connectivity index (χ3n) is 3.38. The summed E-state index contributed by atoms with van der Waals surface area (Å²) in [5.41, 5.74) is 1.19. The molecule has 106 valence electrons. The molecule has 0 unspecified atom stereocenters. The standard InChI is InChI=1S/C15H23NO3/c1-16-9-6-12-4-3-5-14(17-2)15(12)19-13-7-10-18-11-8-13/h3-5,13,16H,6-11H2,1-2H3. The van der Waals surface area contributed by atoms with Gasteiger partial charge >= 0.3 is 0 Å². The van der Waals surface area contributed by atoms with Gasteiger partial charge in [-0.2, -0.15) is 0 Å². The molecule has 1 N–H and O–H groups in total. The van der Waals surface area contributed by atoms with Crippen LogP contribution >= 0.6 is 0 Å². The topological polar surface area (TPSA) is 39.7 Å². The van der Waals surface area contributed by atoms with Crippen molar-refractivity contribution in [2.24, 2.45) is 0 Å². The zero-order valence-electron chi connectivity index (χ0n) is 11.8. The van der Waals surface area contributed by atoms with Crippen LogP contribution in [0.1, 0.15) is 18.4 Å². The van der Waals surface area contributed by atoms with E-state index in [9.17, 15) is 0 Å². The molecular weight excluding hydrogens is 242 g/mol. The molecule has 0 radical (unpaired) electrons. The Labute approximate surface area is 115 Å². The zero-order chi connectivity index (χ0) is 13.5. The van der Waals surface area contributed by atoms with Crippen LogP contribution in [0.25, 0.3) is 0 Å². The van der Waals surface area contributed by atoms with Crippen molar-refractivity contribution in [3.63, 3.8) is 0 Å². The monoisotopic (exact) mass is 265 g/mol. The molecule has 0 amide bonds. The van der Waals surface area contributed by atoms with E-state index in [0.29, 0.717) is 0 Å². The Bertz CT molecular complexity index is 389. The fourth-order valence-corrected chi connectivity index (χ4v) is 2.27. The third kappa shape index (κ3) is 3.85. The van der Waals surface area contributed by atoms with Crippen LogP contribution in [0.4, 0.5) is 0 Å². The predicted molar refractivity (Wildman–Crippen MR) is 75.1 cm³/mol. The highest BCUT2D eigenvalue weighted by Crippen LogP contribution is 2.33. The van der Waals surface area contributed by atoms with Gasteiger partial charge in [0.1, 0.15) is 6.10 Å². The first-order chi connectivity index (χ1) is 9.35. The van der Waals surface area contributed by atoms with Crippen LogP contribution in [-0.2, 0) is 11.2 Å². The maximum Gasteiger partial charge on any atom is 0.164 e. The van der Waals surface area contributed by atoms with E-state index in [0.717, 1.165) is 50.5 Å². The minimum absolute atomic E-state index is 0.235. The SMILES string of the molecule is CNCCc1cccc(OC)c1OC1CCOCC1. The van der Waals surface area contributed by atoms with E-state index in [1.807, 2.05) is 19.2 Å². The average Bonchev–Trinajstić information content (AvgIpc) is 2.47. The van der Waals surface area contributed by atoms with Crippen LogP contribution in [0.5, 0.6) is 11.5 Å². The lowest BCUT2D eigenvalue weighted by Crippen LogP contribution is -2.26. The van der Waals surface area contributed by atoms with Gasteiger partial charge in [0.05, 0.1) is 20.3 Å².